The van der Waals surface area contributed by atoms with E-state index in [-0.39, 0.29) is 18.2 Å². The normalized spacial score (nSPS) is 11.0. The van der Waals surface area contributed by atoms with Gasteiger partial charge in [0.25, 0.3) is 0 Å². The van der Waals surface area contributed by atoms with Crippen LogP contribution in [0.5, 0.6) is 5.75 Å². The zero-order valence-electron chi connectivity index (χ0n) is 12.9. The van der Waals surface area contributed by atoms with Crippen LogP contribution < -0.4 is 10.1 Å². The third-order valence-electron chi connectivity index (χ3n) is 3.16. The second-order valence-electron chi connectivity index (χ2n) is 5.15. The average molecular weight is 340 g/mol. The van der Waals surface area contributed by atoms with Gasteiger partial charge in [-0.2, -0.15) is 8.78 Å². The lowest BCUT2D eigenvalue weighted by Gasteiger charge is -2.16. The minimum atomic E-state index is -2.86. The summed E-state index contributed by atoms with van der Waals surface area (Å²) in [5, 5.41) is 4.76. The molecule has 0 aliphatic heterocycles. The number of carbonyl (C=O) groups excluding carboxylic acids is 1. The second-order valence-corrected chi connectivity index (χ2v) is 6.15. The Morgan fingerprint density at radius 2 is 2.00 bits per heavy atom. The maximum atomic E-state index is 12.1. The van der Waals surface area contributed by atoms with Gasteiger partial charge in [-0.1, -0.05) is 0 Å². The van der Waals surface area contributed by atoms with Gasteiger partial charge in [0.15, 0.2) is 0 Å². The number of thiophene rings is 1. The van der Waals surface area contributed by atoms with Crippen molar-refractivity contribution in [2.75, 3.05) is 18.9 Å². The van der Waals surface area contributed by atoms with Crippen molar-refractivity contribution >= 4 is 22.9 Å². The van der Waals surface area contributed by atoms with E-state index >= 15 is 0 Å². The van der Waals surface area contributed by atoms with E-state index in [4.69, 9.17) is 0 Å². The third kappa shape index (κ3) is 5.61. The van der Waals surface area contributed by atoms with Gasteiger partial charge >= 0.3 is 6.61 Å². The number of anilines is 1. The van der Waals surface area contributed by atoms with Crippen molar-refractivity contribution in [2.24, 2.45) is 0 Å². The molecule has 1 heterocycles. The monoisotopic (exact) mass is 340 g/mol. The largest absolute Gasteiger partial charge is 0.435 e. The molecule has 0 atom stereocenters. The summed E-state index contributed by atoms with van der Waals surface area (Å²) >= 11 is 1.67. The summed E-state index contributed by atoms with van der Waals surface area (Å²) < 4.78 is 28.4. The molecule has 23 heavy (non-hydrogen) atoms. The molecule has 1 aromatic heterocycles. The summed E-state index contributed by atoms with van der Waals surface area (Å²) in [6, 6.07) is 7.88. The number of carbonyl (C=O) groups is 1. The third-order valence-corrected chi connectivity index (χ3v) is 4.17. The van der Waals surface area contributed by atoms with E-state index in [1.807, 2.05) is 24.3 Å². The molecule has 0 saturated heterocycles. The van der Waals surface area contributed by atoms with Crippen LogP contribution in [0.1, 0.15) is 10.4 Å². The highest BCUT2D eigenvalue weighted by molar-refractivity contribution is 7.10. The van der Waals surface area contributed by atoms with Crippen LogP contribution in [0.3, 0.4) is 0 Å². The van der Waals surface area contributed by atoms with Crippen LogP contribution in [0.4, 0.5) is 14.5 Å². The van der Waals surface area contributed by atoms with Crippen LogP contribution >= 0.6 is 11.3 Å². The molecule has 1 aromatic carbocycles. The summed E-state index contributed by atoms with van der Waals surface area (Å²) in [7, 11) is 1.87. The fourth-order valence-electron chi connectivity index (χ4n) is 2.03. The van der Waals surface area contributed by atoms with Crippen molar-refractivity contribution in [1.82, 2.24) is 4.90 Å². The van der Waals surface area contributed by atoms with Crippen LogP contribution in [-0.4, -0.2) is 31.0 Å². The van der Waals surface area contributed by atoms with Crippen LogP contribution in [-0.2, 0) is 11.3 Å². The number of amides is 1. The van der Waals surface area contributed by atoms with Gasteiger partial charge < -0.3 is 10.1 Å². The van der Waals surface area contributed by atoms with E-state index in [1.165, 1.54) is 34.7 Å². The molecule has 1 N–H and O–H groups in total. The number of likely N-dealkylation sites (N-methyl/N-ethyl adjacent to an activating group) is 1. The van der Waals surface area contributed by atoms with Gasteiger partial charge in [0.1, 0.15) is 5.75 Å². The first kappa shape index (κ1) is 17.4. The summed E-state index contributed by atoms with van der Waals surface area (Å²) in [5.41, 5.74) is 1.76. The maximum Gasteiger partial charge on any atom is 0.387 e. The number of benzene rings is 1. The van der Waals surface area contributed by atoms with Crippen molar-refractivity contribution < 1.29 is 18.3 Å². The Bertz CT molecular complexity index is 644. The van der Waals surface area contributed by atoms with Gasteiger partial charge in [0.2, 0.25) is 5.91 Å². The Balaban J connectivity index is 1.83. The smallest absolute Gasteiger partial charge is 0.387 e. The zero-order valence-corrected chi connectivity index (χ0v) is 13.7. The van der Waals surface area contributed by atoms with Gasteiger partial charge in [-0.3, -0.25) is 9.69 Å². The Hall–Kier alpha value is -1.99. The van der Waals surface area contributed by atoms with E-state index in [2.05, 4.69) is 16.1 Å². The Morgan fingerprint density at radius 1 is 1.30 bits per heavy atom. The number of halogens is 2. The number of rotatable bonds is 7. The van der Waals surface area contributed by atoms with E-state index in [9.17, 15) is 13.6 Å². The first-order valence-electron chi connectivity index (χ1n) is 7.00. The second kappa shape index (κ2) is 8.03. The lowest BCUT2D eigenvalue weighted by atomic mass is 10.3. The Kier molecular flexibility index (Phi) is 6.06. The molecular weight excluding hydrogens is 322 g/mol. The minimum absolute atomic E-state index is 0.0586. The SMILES string of the molecule is Cc1ccsc1CN(C)CC(=O)Nc1ccc(OC(F)F)cc1. The Labute approximate surface area is 137 Å². The predicted molar refractivity (Wildman–Crippen MR) is 87.1 cm³/mol. The molecule has 0 spiro atoms. The summed E-state index contributed by atoms with van der Waals surface area (Å²) in [4.78, 5) is 15.1. The van der Waals surface area contributed by atoms with E-state index in [0.29, 0.717) is 12.2 Å². The molecule has 0 unspecified atom stereocenters. The number of nitrogens with zero attached hydrogens (tertiary/aromatic N) is 1. The van der Waals surface area contributed by atoms with Crippen LogP contribution in [0.2, 0.25) is 0 Å². The summed E-state index contributed by atoms with van der Waals surface area (Å²) in [6.45, 7) is 0.137. The topological polar surface area (TPSA) is 41.6 Å². The first-order chi connectivity index (χ1) is 10.9. The van der Waals surface area contributed by atoms with Crippen molar-refractivity contribution in [3.05, 3.63) is 46.2 Å². The molecule has 0 aliphatic rings. The number of nitrogens with one attached hydrogen (secondary N) is 1. The molecule has 2 aromatic rings. The zero-order chi connectivity index (χ0) is 16.8. The number of hydrogen-bond acceptors (Lipinski definition) is 4. The van der Waals surface area contributed by atoms with Crippen molar-refractivity contribution in [3.8, 4) is 5.75 Å². The van der Waals surface area contributed by atoms with Crippen LogP contribution in [0, 0.1) is 6.92 Å². The van der Waals surface area contributed by atoms with Crippen molar-refractivity contribution in [3.63, 3.8) is 0 Å². The fraction of sp³-hybridized carbons (Fsp3) is 0.312. The molecule has 0 radical (unpaired) electrons. The highest BCUT2D eigenvalue weighted by atomic mass is 32.1. The number of hydrogen-bond donors (Lipinski definition) is 1. The predicted octanol–water partition coefficient (Wildman–Crippen LogP) is 3.73. The van der Waals surface area contributed by atoms with Crippen LogP contribution in [0.25, 0.3) is 0 Å². The van der Waals surface area contributed by atoms with Gasteiger partial charge in [-0.05, 0) is 55.2 Å². The van der Waals surface area contributed by atoms with Gasteiger partial charge in [-0.25, -0.2) is 0 Å². The maximum absolute atomic E-state index is 12.1. The first-order valence-corrected chi connectivity index (χ1v) is 7.88. The molecule has 0 saturated carbocycles. The number of aryl methyl sites for hydroxylation is 1. The quantitative estimate of drug-likeness (QED) is 0.835. The highest BCUT2D eigenvalue weighted by Crippen LogP contribution is 2.19. The Morgan fingerprint density at radius 3 is 2.57 bits per heavy atom. The molecule has 0 fully saturated rings. The molecule has 7 heteroatoms. The van der Waals surface area contributed by atoms with E-state index in [0.717, 1.165) is 0 Å². The fourth-order valence-corrected chi connectivity index (χ4v) is 3.02. The molecule has 4 nitrogen and oxygen atoms in total. The molecule has 1 amide bonds. The summed E-state index contributed by atoms with van der Waals surface area (Å²) in [6.07, 6.45) is 0. The van der Waals surface area contributed by atoms with Crippen LogP contribution in [0.15, 0.2) is 35.7 Å². The van der Waals surface area contributed by atoms with E-state index in [1.54, 1.807) is 11.3 Å². The number of ether oxygens (including phenoxy) is 1. The molecule has 2 rings (SSSR count). The lowest BCUT2D eigenvalue weighted by Crippen LogP contribution is -2.29. The van der Waals surface area contributed by atoms with Crippen molar-refractivity contribution in [1.29, 1.82) is 0 Å². The summed E-state index contributed by atoms with van der Waals surface area (Å²) in [5.74, 6) is -0.104. The average Bonchev–Trinajstić information content (AvgIpc) is 2.85. The minimum Gasteiger partial charge on any atom is -0.435 e. The van der Waals surface area contributed by atoms with Gasteiger partial charge in [0.05, 0.1) is 6.54 Å². The molecule has 124 valence electrons. The van der Waals surface area contributed by atoms with Gasteiger partial charge in [-0.15, -0.1) is 11.3 Å². The molecular formula is C16H18F2N2O2S. The standard InChI is InChI=1S/C16H18F2N2O2S/c1-11-7-8-23-14(11)9-20(2)10-15(21)19-12-3-5-13(6-4-12)22-16(17)18/h3-8,16H,9-10H2,1-2H3,(H,19,21). The highest BCUT2D eigenvalue weighted by Gasteiger charge is 2.10. The van der Waals surface area contributed by atoms with E-state index < -0.39 is 6.61 Å². The van der Waals surface area contributed by atoms with Gasteiger partial charge in [0, 0.05) is 17.1 Å². The molecule has 0 bridgehead atoms. The van der Waals surface area contributed by atoms with Crippen molar-refractivity contribution in [2.45, 2.75) is 20.1 Å². The molecule has 0 aliphatic carbocycles. The number of alkyl halides is 2. The lowest BCUT2D eigenvalue weighted by molar-refractivity contribution is -0.117.